The number of carbonyl (C=O) groups is 1. The Kier molecular flexibility index (Phi) is 5.55. The van der Waals surface area contributed by atoms with Crippen LogP contribution in [0.5, 0.6) is 0 Å². The summed E-state index contributed by atoms with van der Waals surface area (Å²) >= 11 is 0. The van der Waals surface area contributed by atoms with Gasteiger partial charge in [-0.2, -0.15) is 0 Å². The van der Waals surface area contributed by atoms with Gasteiger partial charge in [0.1, 0.15) is 0 Å². The van der Waals surface area contributed by atoms with E-state index in [1.807, 2.05) is 25.1 Å². The second-order valence-electron chi connectivity index (χ2n) is 6.23. The Hall–Kier alpha value is -1.35. The standard InChI is InChI=1S/C16H26N2O/c1-12(16(2,3)4)18-15(19)14(17)11-10-13-8-6-5-7-9-13/h5-9,12,14H,10-11,17H2,1-4H3,(H,18,19)/t12?,14-/m0/s1. The molecule has 0 aromatic heterocycles. The predicted octanol–water partition coefficient (Wildman–Crippen LogP) is 2.50. The molecule has 0 saturated heterocycles. The lowest BCUT2D eigenvalue weighted by atomic mass is 9.88. The van der Waals surface area contributed by atoms with Crippen molar-refractivity contribution < 1.29 is 4.79 Å². The van der Waals surface area contributed by atoms with Gasteiger partial charge in [0.15, 0.2) is 0 Å². The molecule has 19 heavy (non-hydrogen) atoms. The van der Waals surface area contributed by atoms with E-state index in [0.29, 0.717) is 6.42 Å². The Morgan fingerprint density at radius 1 is 1.26 bits per heavy atom. The highest BCUT2D eigenvalue weighted by molar-refractivity contribution is 5.81. The smallest absolute Gasteiger partial charge is 0.237 e. The van der Waals surface area contributed by atoms with Gasteiger partial charge in [0.05, 0.1) is 6.04 Å². The molecule has 0 fully saturated rings. The minimum atomic E-state index is -0.440. The molecule has 1 aromatic rings. The van der Waals surface area contributed by atoms with Crippen molar-refractivity contribution in [2.45, 2.75) is 52.6 Å². The molecule has 3 nitrogen and oxygen atoms in total. The summed E-state index contributed by atoms with van der Waals surface area (Å²) in [6, 6.07) is 9.78. The summed E-state index contributed by atoms with van der Waals surface area (Å²) in [5, 5.41) is 2.99. The van der Waals surface area contributed by atoms with Crippen LogP contribution in [-0.2, 0) is 11.2 Å². The molecule has 0 aliphatic rings. The maximum atomic E-state index is 12.0. The van der Waals surface area contributed by atoms with Crippen LogP contribution in [0.4, 0.5) is 0 Å². The fourth-order valence-electron chi connectivity index (χ4n) is 1.63. The summed E-state index contributed by atoms with van der Waals surface area (Å²) in [5.74, 6) is -0.0571. The molecule has 0 aliphatic carbocycles. The summed E-state index contributed by atoms with van der Waals surface area (Å²) < 4.78 is 0. The first-order valence-corrected chi connectivity index (χ1v) is 6.90. The first-order valence-electron chi connectivity index (χ1n) is 6.90. The first-order chi connectivity index (χ1) is 8.80. The van der Waals surface area contributed by atoms with E-state index in [4.69, 9.17) is 5.73 Å². The van der Waals surface area contributed by atoms with E-state index in [9.17, 15) is 4.79 Å². The van der Waals surface area contributed by atoms with Gasteiger partial charge < -0.3 is 11.1 Å². The highest BCUT2D eigenvalue weighted by Gasteiger charge is 2.23. The molecule has 2 atom stereocenters. The van der Waals surface area contributed by atoms with Crippen LogP contribution in [0, 0.1) is 5.41 Å². The number of nitrogens with one attached hydrogen (secondary N) is 1. The molecule has 3 heteroatoms. The van der Waals surface area contributed by atoms with E-state index in [1.54, 1.807) is 0 Å². The van der Waals surface area contributed by atoms with Gasteiger partial charge in [0.2, 0.25) is 5.91 Å². The fourth-order valence-corrected chi connectivity index (χ4v) is 1.63. The zero-order valence-electron chi connectivity index (χ0n) is 12.4. The first kappa shape index (κ1) is 15.7. The van der Waals surface area contributed by atoms with E-state index < -0.39 is 6.04 Å². The molecule has 0 saturated carbocycles. The zero-order valence-corrected chi connectivity index (χ0v) is 12.4. The molecule has 0 spiro atoms. The number of hydrogen-bond donors (Lipinski definition) is 2. The summed E-state index contributed by atoms with van der Waals surface area (Å²) in [5.41, 5.74) is 7.21. The van der Waals surface area contributed by atoms with Gasteiger partial charge in [0, 0.05) is 6.04 Å². The maximum absolute atomic E-state index is 12.0. The predicted molar refractivity (Wildman–Crippen MR) is 79.8 cm³/mol. The van der Waals surface area contributed by atoms with Gasteiger partial charge >= 0.3 is 0 Å². The zero-order chi connectivity index (χ0) is 14.5. The van der Waals surface area contributed by atoms with E-state index in [2.05, 4.69) is 38.2 Å². The van der Waals surface area contributed by atoms with Crippen LogP contribution in [0.3, 0.4) is 0 Å². The van der Waals surface area contributed by atoms with E-state index >= 15 is 0 Å². The second-order valence-corrected chi connectivity index (χ2v) is 6.23. The molecule has 1 aromatic carbocycles. The number of nitrogens with two attached hydrogens (primary N) is 1. The molecule has 106 valence electrons. The van der Waals surface area contributed by atoms with Gasteiger partial charge in [-0.3, -0.25) is 4.79 Å². The molecular formula is C16H26N2O. The summed E-state index contributed by atoms with van der Waals surface area (Å²) in [7, 11) is 0. The van der Waals surface area contributed by atoms with Crippen molar-refractivity contribution in [2.24, 2.45) is 11.1 Å². The lowest BCUT2D eigenvalue weighted by Gasteiger charge is -2.29. The lowest BCUT2D eigenvalue weighted by molar-refractivity contribution is -0.123. The van der Waals surface area contributed by atoms with Crippen LogP contribution < -0.4 is 11.1 Å². The Bertz CT molecular complexity index is 395. The monoisotopic (exact) mass is 262 g/mol. The van der Waals surface area contributed by atoms with Gasteiger partial charge in [-0.05, 0) is 30.7 Å². The fraction of sp³-hybridized carbons (Fsp3) is 0.562. The minimum Gasteiger partial charge on any atom is -0.352 e. The van der Waals surface area contributed by atoms with E-state index in [1.165, 1.54) is 5.56 Å². The number of benzene rings is 1. The molecule has 0 bridgehead atoms. The molecule has 1 rings (SSSR count). The second kappa shape index (κ2) is 6.71. The third-order valence-corrected chi connectivity index (χ3v) is 3.58. The average molecular weight is 262 g/mol. The van der Waals surface area contributed by atoms with E-state index in [0.717, 1.165) is 6.42 Å². The van der Waals surface area contributed by atoms with Gasteiger partial charge in [-0.25, -0.2) is 0 Å². The molecule has 1 amide bonds. The normalized spacial score (nSPS) is 14.8. The van der Waals surface area contributed by atoms with Crippen LogP contribution >= 0.6 is 0 Å². The molecule has 1 unspecified atom stereocenters. The highest BCUT2D eigenvalue weighted by atomic mass is 16.2. The maximum Gasteiger partial charge on any atom is 0.237 e. The molecular weight excluding hydrogens is 236 g/mol. The molecule has 0 aliphatic heterocycles. The Labute approximate surface area is 116 Å². The van der Waals surface area contributed by atoms with Gasteiger partial charge in [-0.15, -0.1) is 0 Å². The molecule has 0 radical (unpaired) electrons. The summed E-state index contributed by atoms with van der Waals surface area (Å²) in [6.45, 7) is 8.33. The van der Waals surface area contributed by atoms with Crippen molar-refractivity contribution in [1.29, 1.82) is 0 Å². The van der Waals surface area contributed by atoms with Crippen molar-refractivity contribution in [3.05, 3.63) is 35.9 Å². The van der Waals surface area contributed by atoms with Gasteiger partial charge in [0.25, 0.3) is 0 Å². The molecule has 0 heterocycles. The van der Waals surface area contributed by atoms with Crippen LogP contribution in [-0.4, -0.2) is 18.0 Å². The third kappa shape index (κ3) is 5.43. The Balaban J connectivity index is 2.41. The van der Waals surface area contributed by atoms with Gasteiger partial charge in [-0.1, -0.05) is 51.1 Å². The van der Waals surface area contributed by atoms with Crippen molar-refractivity contribution in [3.63, 3.8) is 0 Å². The number of carbonyl (C=O) groups excluding carboxylic acids is 1. The van der Waals surface area contributed by atoms with E-state index in [-0.39, 0.29) is 17.4 Å². The number of rotatable bonds is 5. The topological polar surface area (TPSA) is 55.1 Å². The molecule has 3 N–H and O–H groups in total. The van der Waals surface area contributed by atoms with Crippen molar-refractivity contribution in [2.75, 3.05) is 0 Å². The van der Waals surface area contributed by atoms with Crippen LogP contribution in [0.1, 0.15) is 39.7 Å². The number of aryl methyl sites for hydroxylation is 1. The number of hydrogen-bond acceptors (Lipinski definition) is 2. The summed E-state index contributed by atoms with van der Waals surface area (Å²) in [4.78, 5) is 12.0. The quantitative estimate of drug-likeness (QED) is 0.856. The van der Waals surface area contributed by atoms with Crippen molar-refractivity contribution in [3.8, 4) is 0 Å². The van der Waals surface area contributed by atoms with Crippen LogP contribution in [0.25, 0.3) is 0 Å². The largest absolute Gasteiger partial charge is 0.352 e. The summed E-state index contributed by atoms with van der Waals surface area (Å²) in [6.07, 6.45) is 1.51. The minimum absolute atomic E-state index is 0.0504. The SMILES string of the molecule is CC(NC(=O)[C@@H](N)CCc1ccccc1)C(C)(C)C. The highest BCUT2D eigenvalue weighted by Crippen LogP contribution is 2.18. The number of amides is 1. The third-order valence-electron chi connectivity index (χ3n) is 3.58. The Morgan fingerprint density at radius 2 is 1.84 bits per heavy atom. The Morgan fingerprint density at radius 3 is 2.37 bits per heavy atom. The lowest BCUT2D eigenvalue weighted by Crippen LogP contribution is -2.48. The average Bonchev–Trinajstić information content (AvgIpc) is 2.35. The van der Waals surface area contributed by atoms with Crippen LogP contribution in [0.15, 0.2) is 30.3 Å². The van der Waals surface area contributed by atoms with Crippen LogP contribution in [0.2, 0.25) is 0 Å². The van der Waals surface area contributed by atoms with Crippen molar-refractivity contribution in [1.82, 2.24) is 5.32 Å². The van der Waals surface area contributed by atoms with Crippen molar-refractivity contribution >= 4 is 5.91 Å².